The zero-order valence-corrected chi connectivity index (χ0v) is 50.1. The minimum absolute atomic E-state index is 0.0250. The van der Waals surface area contributed by atoms with E-state index in [0.29, 0.717) is 25.2 Å². The molecule has 0 saturated carbocycles. The second-order valence-corrected chi connectivity index (χ2v) is 22.4. The minimum atomic E-state index is -1.93. The van der Waals surface area contributed by atoms with Crippen LogP contribution in [0.4, 0.5) is 0 Å². The van der Waals surface area contributed by atoms with Crippen LogP contribution in [0.3, 0.4) is 0 Å². The monoisotopic (exact) mass is 1250 g/mol. The summed E-state index contributed by atoms with van der Waals surface area (Å²) in [5.74, 6) is -19.4. The predicted octanol–water partition coefficient (Wildman–Crippen LogP) is -2.98. The molecule has 0 aromatic rings. The van der Waals surface area contributed by atoms with E-state index in [-0.39, 0.29) is 38.8 Å². The lowest BCUT2D eigenvalue weighted by Crippen LogP contribution is -2.61. The first-order valence-electron chi connectivity index (χ1n) is 29.7. The number of piperidine rings is 1. The third-order valence-corrected chi connectivity index (χ3v) is 14.9. The van der Waals surface area contributed by atoms with Crippen molar-refractivity contribution in [3.05, 3.63) is 12.2 Å². The second kappa shape index (κ2) is 37.7. The van der Waals surface area contributed by atoms with E-state index in [9.17, 15) is 97.1 Å². The van der Waals surface area contributed by atoms with E-state index in [2.05, 4.69) is 51.1 Å². The highest BCUT2D eigenvalue weighted by Gasteiger charge is 2.42. The van der Waals surface area contributed by atoms with Crippen molar-refractivity contribution in [3.63, 3.8) is 0 Å². The lowest BCUT2D eigenvalue weighted by Gasteiger charge is -2.37. The number of aliphatic carboxylic acids is 4. The number of nitrogens with one attached hydrogen (secondary N) is 10. The Balaban J connectivity index is 2.00. The maximum atomic E-state index is 14.7. The van der Waals surface area contributed by atoms with Gasteiger partial charge in [-0.25, -0.2) is 4.79 Å². The van der Waals surface area contributed by atoms with Crippen LogP contribution in [0.15, 0.2) is 12.2 Å². The highest BCUT2D eigenvalue weighted by Crippen LogP contribution is 2.23. The molecule has 3 heterocycles. The lowest BCUT2D eigenvalue weighted by atomic mass is 9.96. The third kappa shape index (κ3) is 26.1. The van der Waals surface area contributed by atoms with Crippen molar-refractivity contribution in [1.82, 2.24) is 63.0 Å². The summed E-state index contributed by atoms with van der Waals surface area (Å²) in [6, 6.07) is -13.5. The molecule has 490 valence electrons. The fourth-order valence-electron chi connectivity index (χ4n) is 9.93. The van der Waals surface area contributed by atoms with Gasteiger partial charge in [0.25, 0.3) is 0 Å². The van der Waals surface area contributed by atoms with Crippen LogP contribution in [0.5, 0.6) is 0 Å². The fourth-order valence-corrected chi connectivity index (χ4v) is 9.93. The van der Waals surface area contributed by atoms with Gasteiger partial charge < -0.3 is 83.4 Å². The summed E-state index contributed by atoms with van der Waals surface area (Å²) in [5.41, 5.74) is 0. The van der Waals surface area contributed by atoms with Gasteiger partial charge in [0.15, 0.2) is 0 Å². The predicted molar refractivity (Wildman–Crippen MR) is 307 cm³/mol. The molecule has 3 fully saturated rings. The third-order valence-electron chi connectivity index (χ3n) is 14.9. The Labute approximate surface area is 508 Å². The number of carboxylic acids is 4. The quantitative estimate of drug-likeness (QED) is 0.0359. The van der Waals surface area contributed by atoms with Gasteiger partial charge in [-0.05, 0) is 62.9 Å². The van der Waals surface area contributed by atoms with E-state index in [1.807, 2.05) is 16.0 Å². The van der Waals surface area contributed by atoms with Crippen LogP contribution in [0.1, 0.15) is 143 Å². The van der Waals surface area contributed by atoms with Gasteiger partial charge in [0, 0.05) is 19.6 Å². The Bertz CT molecular complexity index is 2580. The molecule has 0 aromatic heterocycles. The summed E-state index contributed by atoms with van der Waals surface area (Å²) in [7, 11) is 0. The van der Waals surface area contributed by atoms with E-state index in [1.54, 1.807) is 19.9 Å². The molecule has 0 spiro atoms. The van der Waals surface area contributed by atoms with E-state index in [0.717, 1.165) is 60.8 Å². The van der Waals surface area contributed by atoms with Gasteiger partial charge in [-0.3, -0.25) is 71.9 Å². The van der Waals surface area contributed by atoms with Crippen LogP contribution in [-0.2, 0) is 76.7 Å². The topological polar surface area (TPSA) is 481 Å². The van der Waals surface area contributed by atoms with Crippen LogP contribution >= 0.6 is 0 Å². The number of carboxylic acid groups (broad SMARTS) is 4. The van der Waals surface area contributed by atoms with Gasteiger partial charge in [-0.2, -0.15) is 0 Å². The number of allylic oxidation sites excluding steroid dienone is 1. The molecule has 3 aliphatic rings. The summed E-state index contributed by atoms with van der Waals surface area (Å²) >= 11 is 0. The van der Waals surface area contributed by atoms with Gasteiger partial charge in [-0.1, -0.05) is 78.7 Å². The molecular formula is C56H86N12O20. The fraction of sp³-hybridized carbons (Fsp3) is 0.679. The number of carbonyl (C=O) groups excluding carboxylic acids is 12. The number of unbranched alkanes of at least 4 members (excludes halogenated alkanes) is 6. The minimum Gasteiger partial charge on any atom is -0.481 e. The summed E-state index contributed by atoms with van der Waals surface area (Å²) in [6.45, 7) is 3.66. The molecule has 0 radical (unpaired) electrons. The van der Waals surface area contributed by atoms with Crippen LogP contribution in [-0.4, -0.2) is 213 Å². The van der Waals surface area contributed by atoms with Crippen LogP contribution in [0, 0.1) is 11.8 Å². The molecule has 9 atom stereocenters. The van der Waals surface area contributed by atoms with Crippen molar-refractivity contribution >= 4 is 94.8 Å². The van der Waals surface area contributed by atoms with E-state index in [4.69, 9.17) is 0 Å². The molecule has 3 aliphatic heterocycles. The summed E-state index contributed by atoms with van der Waals surface area (Å²) in [4.78, 5) is 214. The first-order chi connectivity index (χ1) is 41.6. The van der Waals surface area contributed by atoms with Gasteiger partial charge >= 0.3 is 23.9 Å². The molecule has 0 aromatic carbocycles. The average molecular weight is 1250 g/mol. The standard InChI is InChI=1S/C56H86N12O20/c1-5-32(4)48-55(86)68-22-16-19-39(68)52(83)57-27-37(65-41(70)23-36(56(87)88)64-40(69)20-13-11-9-7-6-8-10-12-17-31(2)3)54(85)67-21-15-14-18-38(67)53(84)60-30-44(73)62-34(25-46(76)77)50(81)58-28-42(71)61-33(24-45(74)75)49(80)59-29-43(72)63-35(26-47(78)79)51(82)66-48/h13,20,31-39,48H,5-12,14-19,21-30H2,1-4H3,(H,57,83)(H,58,81)(H,59,80)(H,60,84)(H,61,71)(H,62,73)(H,63,72)(H,64,69)(H,65,70)(H,66,82)(H,74,75)(H,76,77)(H,78,79)(H,87,88)/b20-13+/t32?,33-,34-,35-,36-,37-,38-,39-,48-/m0/s1. The number of fused-ring (bicyclic) bond motifs is 2. The Morgan fingerprint density at radius 1 is 0.568 bits per heavy atom. The lowest BCUT2D eigenvalue weighted by molar-refractivity contribution is -0.146. The zero-order valence-electron chi connectivity index (χ0n) is 50.1. The molecule has 3 rings (SSSR count). The zero-order chi connectivity index (χ0) is 65.6. The molecule has 88 heavy (non-hydrogen) atoms. The van der Waals surface area contributed by atoms with E-state index < -0.39 is 201 Å². The van der Waals surface area contributed by atoms with Gasteiger partial charge in [0.2, 0.25) is 70.9 Å². The Hall–Kier alpha value is -8.74. The smallest absolute Gasteiger partial charge is 0.326 e. The van der Waals surface area contributed by atoms with Crippen molar-refractivity contribution in [1.29, 1.82) is 0 Å². The molecule has 0 aliphatic carbocycles. The molecule has 1 unspecified atom stereocenters. The number of hydrogen-bond donors (Lipinski definition) is 14. The number of nitrogens with zero attached hydrogens (tertiary/aromatic N) is 2. The second-order valence-electron chi connectivity index (χ2n) is 22.4. The van der Waals surface area contributed by atoms with Crippen LogP contribution < -0.4 is 53.2 Å². The highest BCUT2D eigenvalue weighted by atomic mass is 16.4. The maximum Gasteiger partial charge on any atom is 0.326 e. The van der Waals surface area contributed by atoms with Crippen LogP contribution in [0.25, 0.3) is 0 Å². The van der Waals surface area contributed by atoms with Crippen molar-refractivity contribution in [2.45, 2.75) is 192 Å². The number of rotatable bonds is 23. The van der Waals surface area contributed by atoms with Gasteiger partial charge in [0.05, 0.1) is 45.3 Å². The normalized spacial score (nSPS) is 23.6. The van der Waals surface area contributed by atoms with E-state index >= 15 is 0 Å². The molecule has 12 amide bonds. The number of carbonyl (C=O) groups is 16. The van der Waals surface area contributed by atoms with Crippen molar-refractivity contribution in [2.24, 2.45) is 11.8 Å². The molecule has 3 saturated heterocycles. The molecule has 14 N–H and O–H groups in total. The molecule has 32 heteroatoms. The van der Waals surface area contributed by atoms with E-state index in [1.165, 1.54) is 0 Å². The molecule has 32 nitrogen and oxygen atoms in total. The maximum absolute atomic E-state index is 14.7. The first kappa shape index (κ1) is 73.5. The van der Waals surface area contributed by atoms with Crippen LogP contribution in [0.2, 0.25) is 0 Å². The Morgan fingerprint density at radius 3 is 1.55 bits per heavy atom. The largest absolute Gasteiger partial charge is 0.481 e. The highest BCUT2D eigenvalue weighted by molar-refractivity contribution is 6.00. The number of amides is 12. The molecular weight excluding hydrogens is 1160 g/mol. The summed E-state index contributed by atoms with van der Waals surface area (Å²) < 4.78 is 0. The first-order valence-corrected chi connectivity index (χ1v) is 29.7. The van der Waals surface area contributed by atoms with Gasteiger partial charge in [-0.15, -0.1) is 0 Å². The van der Waals surface area contributed by atoms with Crippen molar-refractivity contribution in [3.8, 4) is 0 Å². The SMILES string of the molecule is CCC(C)[C@@H]1NC(=O)[C@H](CC(=O)O)NC(=O)CNC(=O)[C@H](CC(=O)O)NC(=O)CNC(=O)[C@H](CC(=O)O)NC(=O)CNC(=O)[C@@H]2CCCCN2C(=O)[C@@H](NC(=O)C[C@H](NC(=O)/C=C/CCCCCCCCC(C)C)C(=O)O)CNC(=O)[C@@H]2CCCN2C1=O. The molecule has 0 bridgehead atoms. The number of hydrogen-bond acceptors (Lipinski definition) is 16. The Morgan fingerprint density at radius 2 is 1.03 bits per heavy atom. The summed E-state index contributed by atoms with van der Waals surface area (Å²) in [6.07, 6.45) is 7.49. The van der Waals surface area contributed by atoms with Crippen molar-refractivity contribution < 1.29 is 97.1 Å². The van der Waals surface area contributed by atoms with Gasteiger partial charge in [0.1, 0.15) is 48.3 Å². The average Bonchev–Trinajstić information content (AvgIpc) is 2.89. The van der Waals surface area contributed by atoms with Crippen molar-refractivity contribution in [2.75, 3.05) is 39.3 Å². The summed E-state index contributed by atoms with van der Waals surface area (Å²) in [5, 5.41) is 61.2. The Kier molecular flexibility index (Phi) is 31.5.